The van der Waals surface area contributed by atoms with Gasteiger partial charge in [0.1, 0.15) is 0 Å². The van der Waals surface area contributed by atoms with E-state index in [0.717, 1.165) is 5.69 Å². The molecule has 0 aliphatic rings. The minimum absolute atomic E-state index is 0. The van der Waals surface area contributed by atoms with Crippen LogP contribution in [0.4, 0.5) is 0 Å². The molecule has 0 atom stereocenters. The number of pyridine rings is 1. The van der Waals surface area contributed by atoms with Crippen LogP contribution in [0.3, 0.4) is 0 Å². The molecule has 1 nitrogen and oxygen atoms in total. The highest BCUT2D eigenvalue weighted by atomic mass is 27.0. The molecular weight excluding hydrogens is 113 g/mol. The lowest BCUT2D eigenvalue weighted by molar-refractivity contribution is 1.27. The van der Waals surface area contributed by atoms with Gasteiger partial charge in [0.15, 0.2) is 17.4 Å². The largest absolute Gasteiger partial charge is 0.261 e. The fourth-order valence-electron chi connectivity index (χ4n) is 0.398. The quantitative estimate of drug-likeness (QED) is 0.444. The fourth-order valence-corrected chi connectivity index (χ4v) is 0.398. The third-order valence-electron chi connectivity index (χ3n) is 0.726. The summed E-state index contributed by atoms with van der Waals surface area (Å²) in [5.41, 5.74) is 0.822. The van der Waals surface area contributed by atoms with E-state index in [0.29, 0.717) is 0 Å². The SMILES string of the molecule is [AlH3].[CH2]c1ccccn1. The molecule has 0 aromatic carbocycles. The first kappa shape index (κ1) is 7.68. The Morgan fingerprint density at radius 3 is 2.38 bits per heavy atom. The molecule has 0 aliphatic carbocycles. The molecule has 1 rings (SSSR count). The first-order valence-corrected chi connectivity index (χ1v) is 2.12. The van der Waals surface area contributed by atoms with E-state index in [1.807, 2.05) is 18.2 Å². The predicted molar refractivity (Wildman–Crippen MR) is 38.6 cm³/mol. The summed E-state index contributed by atoms with van der Waals surface area (Å²) < 4.78 is 0. The highest BCUT2D eigenvalue weighted by molar-refractivity contribution is 5.75. The van der Waals surface area contributed by atoms with Crippen LogP contribution in [0.25, 0.3) is 0 Å². The second-order valence-corrected chi connectivity index (χ2v) is 1.32. The molecule has 0 saturated heterocycles. The summed E-state index contributed by atoms with van der Waals surface area (Å²) in [7, 11) is 0. The predicted octanol–water partition coefficient (Wildman–Crippen LogP) is 0.0799. The average Bonchev–Trinajstić information content (AvgIpc) is 1.69. The third kappa shape index (κ3) is 2.11. The van der Waals surface area contributed by atoms with Crippen molar-refractivity contribution >= 4 is 17.4 Å². The van der Waals surface area contributed by atoms with Gasteiger partial charge in [-0.2, -0.15) is 0 Å². The molecule has 0 N–H and O–H groups in total. The van der Waals surface area contributed by atoms with Crippen LogP contribution < -0.4 is 0 Å². The molecule has 8 heavy (non-hydrogen) atoms. The number of hydrogen-bond donors (Lipinski definition) is 0. The second-order valence-electron chi connectivity index (χ2n) is 1.32. The Hall–Kier alpha value is -0.318. The monoisotopic (exact) mass is 122 g/mol. The van der Waals surface area contributed by atoms with E-state index in [2.05, 4.69) is 11.9 Å². The summed E-state index contributed by atoms with van der Waals surface area (Å²) in [6, 6.07) is 5.64. The molecule has 0 saturated carbocycles. The third-order valence-corrected chi connectivity index (χ3v) is 0.726. The lowest BCUT2D eigenvalue weighted by Gasteiger charge is -1.82. The standard InChI is InChI=1S/C6H6N.Al.3H/c1-6-4-2-3-5-7-6;;;;/h2-5H,1H2;;;;. The molecule has 1 radical (unpaired) electrons. The van der Waals surface area contributed by atoms with Gasteiger partial charge in [0, 0.05) is 11.9 Å². The normalized spacial score (nSPS) is 7.62. The molecule has 41 valence electrons. The van der Waals surface area contributed by atoms with E-state index in [4.69, 9.17) is 0 Å². The van der Waals surface area contributed by atoms with Crippen molar-refractivity contribution in [2.75, 3.05) is 0 Å². The van der Waals surface area contributed by atoms with Crippen LogP contribution in [0.5, 0.6) is 0 Å². The Labute approximate surface area is 59.9 Å². The number of rotatable bonds is 0. The van der Waals surface area contributed by atoms with E-state index in [1.165, 1.54) is 0 Å². The Morgan fingerprint density at radius 1 is 1.38 bits per heavy atom. The molecule has 0 spiro atoms. The van der Waals surface area contributed by atoms with Crippen molar-refractivity contribution in [3.63, 3.8) is 0 Å². The van der Waals surface area contributed by atoms with Crippen LogP contribution in [0, 0.1) is 6.92 Å². The average molecular weight is 122 g/mol. The van der Waals surface area contributed by atoms with Crippen molar-refractivity contribution in [2.24, 2.45) is 0 Å². The zero-order valence-corrected chi connectivity index (χ0v) is 3.96. The summed E-state index contributed by atoms with van der Waals surface area (Å²) in [6.07, 6.45) is 1.72. The summed E-state index contributed by atoms with van der Waals surface area (Å²) in [5.74, 6) is 0. The van der Waals surface area contributed by atoms with Crippen molar-refractivity contribution < 1.29 is 0 Å². The second kappa shape index (κ2) is 3.66. The van der Waals surface area contributed by atoms with E-state index >= 15 is 0 Å². The first-order valence-electron chi connectivity index (χ1n) is 2.12. The van der Waals surface area contributed by atoms with Crippen molar-refractivity contribution in [1.82, 2.24) is 4.98 Å². The van der Waals surface area contributed by atoms with Crippen molar-refractivity contribution in [3.05, 3.63) is 37.0 Å². The van der Waals surface area contributed by atoms with Crippen molar-refractivity contribution in [3.8, 4) is 0 Å². The van der Waals surface area contributed by atoms with Crippen LogP contribution in [0.1, 0.15) is 5.69 Å². The number of aromatic nitrogens is 1. The Bertz CT molecular complexity index is 138. The smallest absolute Gasteiger partial charge is 0.187 e. The van der Waals surface area contributed by atoms with Gasteiger partial charge >= 0.3 is 0 Å². The Morgan fingerprint density at radius 2 is 2.12 bits per heavy atom. The van der Waals surface area contributed by atoms with E-state index in [-0.39, 0.29) is 17.4 Å². The molecule has 0 fully saturated rings. The van der Waals surface area contributed by atoms with Crippen LogP contribution in [0.2, 0.25) is 0 Å². The highest BCUT2D eigenvalue weighted by Gasteiger charge is 1.73. The van der Waals surface area contributed by atoms with Gasteiger partial charge in [0.05, 0.1) is 0 Å². The molecule has 0 aliphatic heterocycles. The van der Waals surface area contributed by atoms with Crippen LogP contribution >= 0.6 is 0 Å². The van der Waals surface area contributed by atoms with Crippen molar-refractivity contribution in [1.29, 1.82) is 0 Å². The zero-order valence-electron chi connectivity index (χ0n) is 3.96. The highest BCUT2D eigenvalue weighted by Crippen LogP contribution is 1.85. The van der Waals surface area contributed by atoms with E-state index in [9.17, 15) is 0 Å². The van der Waals surface area contributed by atoms with Gasteiger partial charge in [-0.25, -0.2) is 0 Å². The summed E-state index contributed by atoms with van der Waals surface area (Å²) in [5, 5.41) is 0. The van der Waals surface area contributed by atoms with Gasteiger partial charge in [0.2, 0.25) is 0 Å². The number of nitrogens with zero attached hydrogens (tertiary/aromatic N) is 1. The lowest BCUT2D eigenvalue weighted by atomic mass is 10.4. The Kier molecular flexibility index (Phi) is 3.51. The van der Waals surface area contributed by atoms with Crippen LogP contribution in [-0.4, -0.2) is 22.3 Å². The fraction of sp³-hybridized carbons (Fsp3) is 0. The van der Waals surface area contributed by atoms with Gasteiger partial charge in [-0.1, -0.05) is 6.07 Å². The molecular formula is C6H9AlN. The Balaban J connectivity index is 0.000000490. The van der Waals surface area contributed by atoms with E-state index < -0.39 is 0 Å². The maximum atomic E-state index is 3.87. The van der Waals surface area contributed by atoms with Gasteiger partial charge in [-0.15, -0.1) is 0 Å². The van der Waals surface area contributed by atoms with Gasteiger partial charge < -0.3 is 0 Å². The summed E-state index contributed by atoms with van der Waals surface area (Å²) in [4.78, 5) is 3.87. The maximum absolute atomic E-state index is 3.87. The molecule has 1 aromatic heterocycles. The summed E-state index contributed by atoms with van der Waals surface area (Å²) in [6.45, 7) is 3.61. The molecule has 0 amide bonds. The maximum Gasteiger partial charge on any atom is 0.187 e. The van der Waals surface area contributed by atoms with Gasteiger partial charge in [-0.3, -0.25) is 4.98 Å². The molecule has 1 aromatic rings. The number of hydrogen-bond acceptors (Lipinski definition) is 1. The van der Waals surface area contributed by atoms with Crippen molar-refractivity contribution in [2.45, 2.75) is 0 Å². The molecule has 2 heteroatoms. The minimum Gasteiger partial charge on any atom is -0.261 e. The first-order chi connectivity index (χ1) is 3.39. The van der Waals surface area contributed by atoms with E-state index in [1.54, 1.807) is 6.20 Å². The summed E-state index contributed by atoms with van der Waals surface area (Å²) >= 11 is 0. The van der Waals surface area contributed by atoms with Crippen LogP contribution in [-0.2, 0) is 0 Å². The van der Waals surface area contributed by atoms with Gasteiger partial charge in [-0.05, 0) is 19.1 Å². The molecule has 0 bridgehead atoms. The minimum atomic E-state index is 0. The zero-order chi connectivity index (χ0) is 5.11. The molecule has 0 unspecified atom stereocenters. The van der Waals surface area contributed by atoms with Gasteiger partial charge in [0.25, 0.3) is 0 Å². The topological polar surface area (TPSA) is 12.9 Å². The molecule has 1 heterocycles. The lowest BCUT2D eigenvalue weighted by Crippen LogP contribution is -1.72. The van der Waals surface area contributed by atoms with Crippen LogP contribution in [0.15, 0.2) is 24.4 Å².